The number of pyridine rings is 1. The molecule has 0 N–H and O–H groups in total. The molecule has 0 aliphatic rings. The third-order valence-electron chi connectivity index (χ3n) is 16.2. The summed E-state index contributed by atoms with van der Waals surface area (Å²) in [4.78, 5) is 5.13. The van der Waals surface area contributed by atoms with Gasteiger partial charge in [-0.15, -0.1) is 0 Å². The van der Waals surface area contributed by atoms with Crippen LogP contribution in [-0.2, 0) is 35.6 Å². The molecular weight excluding hydrogens is 1150 g/mol. The van der Waals surface area contributed by atoms with Crippen LogP contribution in [-0.4, -0.2) is 23.1 Å². The molecule has 79 heavy (non-hydrogen) atoms. The number of rotatable bonds is 7. The molecule has 14 rings (SSSR count). The summed E-state index contributed by atoms with van der Waals surface area (Å²) < 4.78 is 18.0. The van der Waals surface area contributed by atoms with Gasteiger partial charge in [-0.3, -0.25) is 0 Å². The summed E-state index contributed by atoms with van der Waals surface area (Å²) >= 11 is 2.57. The van der Waals surface area contributed by atoms with Crippen LogP contribution in [0.3, 0.4) is 0 Å². The van der Waals surface area contributed by atoms with Gasteiger partial charge in [-0.2, -0.15) is 0 Å². The van der Waals surface area contributed by atoms with E-state index in [9.17, 15) is 0 Å². The molecule has 0 unspecified atom stereocenters. The zero-order valence-electron chi connectivity index (χ0n) is 46.1. The Bertz CT molecular complexity index is 4760. The zero-order valence-corrected chi connectivity index (χ0v) is 48.4. The van der Waals surface area contributed by atoms with Crippen molar-refractivity contribution in [2.75, 3.05) is 0 Å². The first-order valence-electron chi connectivity index (χ1n) is 27.4. The predicted octanol–water partition coefficient (Wildman–Crippen LogP) is 19.2. The molecule has 14 aromatic rings. The topological polar surface area (TPSA) is 41.3 Å². The molecule has 0 amide bonds. The van der Waals surface area contributed by atoms with Gasteiger partial charge in [-0.05, 0) is 23.1 Å². The summed E-state index contributed by atoms with van der Waals surface area (Å²) in [6.07, 6.45) is 1.96. The van der Waals surface area contributed by atoms with Crippen molar-refractivity contribution in [3.05, 3.63) is 227 Å². The SMILES string of the molecule is CC(C)(C)c1cc(Oc2ccc3c4cc5c6cccc7c8ccccc8n(c5cc4n(-c4cc(C(C)(C)C)ccn4)c3c2)c76)cc(-n2[c](=[Pt])n(-c3c(-c4ccccc4)cc(C(C)(C)C)cc3-c3ccccc3)c3ccccc32)c1. The minimum absolute atomic E-state index is 0.0769. The van der Waals surface area contributed by atoms with E-state index >= 15 is 0 Å². The number of imidazole rings is 1. The summed E-state index contributed by atoms with van der Waals surface area (Å²) in [5.41, 5.74) is 18.2. The van der Waals surface area contributed by atoms with Crippen LogP contribution in [0.4, 0.5) is 0 Å². The Balaban J connectivity index is 0.976. The van der Waals surface area contributed by atoms with Crippen LogP contribution >= 0.6 is 0 Å². The Labute approximate surface area is 471 Å². The minimum atomic E-state index is -0.196. The van der Waals surface area contributed by atoms with Crippen molar-refractivity contribution < 1.29 is 24.1 Å². The molecule has 0 saturated heterocycles. The van der Waals surface area contributed by atoms with Crippen molar-refractivity contribution in [3.8, 4) is 50.9 Å². The standard InChI is InChI=1S/C72H61N5O.Pt/c1-70(2,3)47-33-34-73-67(39-47)76-64-41-51(31-32-54(64)59-42-60-56-27-20-26-55-53-25-16-17-28-61(53)77(69(55)56)66(60)43-65(59)76)78-52-36-48(71(4,5)6)35-50(40-52)74-44-75(63-30-19-18-29-62(63)74)68-57(45-21-12-10-13-22-45)37-49(72(7,8)9)38-58(68)46-23-14-11-15-24-46;/h10-43H,1-9H3;. The van der Waals surface area contributed by atoms with Gasteiger partial charge in [0.1, 0.15) is 0 Å². The Kier molecular flexibility index (Phi) is 11.1. The molecule has 5 aromatic heterocycles. The van der Waals surface area contributed by atoms with Gasteiger partial charge in [0, 0.05) is 27.7 Å². The van der Waals surface area contributed by atoms with E-state index in [1.54, 1.807) is 0 Å². The second kappa shape index (κ2) is 17.9. The van der Waals surface area contributed by atoms with E-state index in [1.165, 1.54) is 82.4 Å². The van der Waals surface area contributed by atoms with E-state index in [0.29, 0.717) is 0 Å². The van der Waals surface area contributed by atoms with Crippen LogP contribution in [0, 0.1) is 3.80 Å². The number of ether oxygens (including phenoxy) is 1. The van der Waals surface area contributed by atoms with Gasteiger partial charge in [0.25, 0.3) is 0 Å². The van der Waals surface area contributed by atoms with Crippen LogP contribution < -0.4 is 4.74 Å². The second-order valence-electron chi connectivity index (χ2n) is 24.5. The molecule has 0 atom stereocenters. The van der Waals surface area contributed by atoms with Crippen molar-refractivity contribution in [1.82, 2.24) is 23.1 Å². The van der Waals surface area contributed by atoms with Gasteiger partial charge in [0.15, 0.2) is 0 Å². The molecule has 0 saturated carbocycles. The number of benzene rings is 9. The fraction of sp³-hybridized carbons (Fsp3) is 0.167. The maximum atomic E-state index is 7.23. The zero-order chi connectivity index (χ0) is 54.3. The number of hydrogen-bond donors (Lipinski definition) is 0. The van der Waals surface area contributed by atoms with E-state index in [-0.39, 0.29) is 16.2 Å². The monoisotopic (exact) mass is 1210 g/mol. The number of nitrogens with zero attached hydrogens (tertiary/aromatic N) is 5. The van der Waals surface area contributed by atoms with Crippen molar-refractivity contribution in [2.24, 2.45) is 0 Å². The Morgan fingerprint density at radius 2 is 0.924 bits per heavy atom. The average Bonchev–Trinajstić information content (AvgIpc) is 4.18. The van der Waals surface area contributed by atoms with Crippen molar-refractivity contribution in [1.29, 1.82) is 0 Å². The molecule has 0 aliphatic heterocycles. The van der Waals surface area contributed by atoms with E-state index in [4.69, 9.17) is 9.72 Å². The summed E-state index contributed by atoms with van der Waals surface area (Å²) in [5.74, 6) is 2.39. The molecule has 7 heteroatoms. The van der Waals surface area contributed by atoms with Gasteiger partial charge in [-0.25, -0.2) is 0 Å². The van der Waals surface area contributed by atoms with Crippen LogP contribution in [0.2, 0.25) is 0 Å². The summed E-state index contributed by atoms with van der Waals surface area (Å²) in [6.45, 7) is 20.6. The quantitative estimate of drug-likeness (QED) is 0.160. The molecular formula is C72H61N5OPt. The van der Waals surface area contributed by atoms with Crippen LogP contribution in [0.15, 0.2) is 206 Å². The second-order valence-corrected chi connectivity index (χ2v) is 25.5. The van der Waals surface area contributed by atoms with Crippen molar-refractivity contribution >= 4 is 70.9 Å². The molecule has 5 heterocycles. The molecule has 0 fully saturated rings. The van der Waals surface area contributed by atoms with Gasteiger partial charge in [0.2, 0.25) is 0 Å². The summed E-state index contributed by atoms with van der Waals surface area (Å²) in [5, 5.41) is 7.36. The fourth-order valence-electron chi connectivity index (χ4n) is 12.1. The Hall–Kier alpha value is -8.31. The predicted molar refractivity (Wildman–Crippen MR) is 326 cm³/mol. The van der Waals surface area contributed by atoms with E-state index in [1.807, 2.05) is 6.20 Å². The third kappa shape index (κ3) is 7.93. The maximum absolute atomic E-state index is 7.23. The fourth-order valence-corrected chi connectivity index (χ4v) is 13.2. The number of para-hydroxylation sites is 4. The molecule has 9 aromatic carbocycles. The molecule has 6 nitrogen and oxygen atoms in total. The van der Waals surface area contributed by atoms with Gasteiger partial charge < -0.3 is 4.40 Å². The first-order valence-corrected chi connectivity index (χ1v) is 28.6. The Morgan fingerprint density at radius 3 is 1.58 bits per heavy atom. The van der Waals surface area contributed by atoms with Crippen LogP contribution in [0.5, 0.6) is 11.5 Å². The number of fused-ring (bicyclic) bond motifs is 10. The van der Waals surface area contributed by atoms with Crippen molar-refractivity contribution in [3.63, 3.8) is 0 Å². The number of aromatic nitrogens is 5. The molecule has 390 valence electrons. The Morgan fingerprint density at radius 1 is 0.380 bits per heavy atom. The van der Waals surface area contributed by atoms with Crippen LogP contribution in [0.1, 0.15) is 79.0 Å². The molecule has 0 bridgehead atoms. The average molecular weight is 1210 g/mol. The summed E-state index contributed by atoms with van der Waals surface area (Å²) in [7, 11) is 0. The summed E-state index contributed by atoms with van der Waals surface area (Å²) in [6, 6.07) is 73.5. The van der Waals surface area contributed by atoms with E-state index < -0.39 is 0 Å². The third-order valence-corrected chi connectivity index (χ3v) is 17.3. The van der Waals surface area contributed by atoms with E-state index in [2.05, 4.69) is 300 Å². The molecule has 0 aliphatic carbocycles. The van der Waals surface area contributed by atoms with Crippen molar-refractivity contribution in [2.45, 2.75) is 78.6 Å². The van der Waals surface area contributed by atoms with E-state index in [0.717, 1.165) is 59.9 Å². The first-order chi connectivity index (χ1) is 38.0. The van der Waals surface area contributed by atoms with Crippen LogP contribution in [0.25, 0.3) is 110 Å². The number of hydrogen-bond acceptors (Lipinski definition) is 2. The molecule has 0 spiro atoms. The van der Waals surface area contributed by atoms with Gasteiger partial charge in [-0.1, -0.05) is 57.2 Å². The normalized spacial score (nSPS) is 12.7. The molecule has 0 radical (unpaired) electrons. The van der Waals surface area contributed by atoms with Gasteiger partial charge in [0.05, 0.1) is 16.6 Å². The van der Waals surface area contributed by atoms with Gasteiger partial charge >= 0.3 is 346 Å². The first kappa shape index (κ1) is 49.0.